The Bertz CT molecular complexity index is 513. The fourth-order valence-corrected chi connectivity index (χ4v) is 2.36. The highest BCUT2D eigenvalue weighted by molar-refractivity contribution is 5.91. The molecule has 2 rings (SSSR count). The number of carbonyl (C=O) groups is 1. The lowest BCUT2D eigenvalue weighted by Gasteiger charge is -2.29. The van der Waals surface area contributed by atoms with Crippen LogP contribution in [0.15, 0.2) is 24.3 Å². The molecule has 4 nitrogen and oxygen atoms in total. The largest absolute Gasteiger partial charge is 0.460 e. The van der Waals surface area contributed by atoms with E-state index in [1.165, 1.54) is 0 Å². The summed E-state index contributed by atoms with van der Waals surface area (Å²) in [7, 11) is 0. The van der Waals surface area contributed by atoms with Crippen molar-refractivity contribution in [3.63, 3.8) is 0 Å². The fourth-order valence-electron chi connectivity index (χ4n) is 2.36. The predicted octanol–water partition coefficient (Wildman–Crippen LogP) is 2.73. The molecule has 1 aromatic rings. The number of benzene rings is 1. The third-order valence-corrected chi connectivity index (χ3v) is 3.78. The van der Waals surface area contributed by atoms with Crippen molar-refractivity contribution in [3.05, 3.63) is 35.4 Å². The van der Waals surface area contributed by atoms with Gasteiger partial charge in [0.1, 0.15) is 6.61 Å². The van der Waals surface area contributed by atoms with E-state index >= 15 is 0 Å². The molecule has 0 aromatic heterocycles. The van der Waals surface area contributed by atoms with Gasteiger partial charge in [0.05, 0.1) is 17.0 Å². The molecule has 20 heavy (non-hydrogen) atoms. The van der Waals surface area contributed by atoms with Crippen LogP contribution in [-0.4, -0.2) is 25.8 Å². The van der Waals surface area contributed by atoms with Crippen LogP contribution < -0.4 is 0 Å². The number of nitrogens with zero attached hydrogens (tertiary/aromatic N) is 1. The Balaban J connectivity index is 2.03. The van der Waals surface area contributed by atoms with Crippen molar-refractivity contribution in [1.82, 2.24) is 0 Å². The van der Waals surface area contributed by atoms with Crippen molar-refractivity contribution < 1.29 is 14.3 Å². The molecule has 0 aliphatic carbocycles. The average molecular weight is 273 g/mol. The summed E-state index contributed by atoms with van der Waals surface area (Å²) in [4.78, 5) is 12.2. The van der Waals surface area contributed by atoms with E-state index in [0.29, 0.717) is 31.6 Å². The summed E-state index contributed by atoms with van der Waals surface area (Å²) >= 11 is 0. The molecule has 1 heterocycles. The second-order valence-electron chi connectivity index (χ2n) is 5.09. The zero-order valence-electron chi connectivity index (χ0n) is 11.7. The zero-order valence-corrected chi connectivity index (χ0v) is 11.7. The molecule has 1 aliphatic rings. The van der Waals surface area contributed by atoms with E-state index in [0.717, 1.165) is 12.0 Å². The van der Waals surface area contributed by atoms with E-state index in [1.807, 2.05) is 25.1 Å². The number of nitriles is 1. The molecule has 1 aliphatic heterocycles. The summed E-state index contributed by atoms with van der Waals surface area (Å²) in [5.41, 5.74) is 0.973. The summed E-state index contributed by atoms with van der Waals surface area (Å²) in [6.45, 7) is 3.25. The van der Waals surface area contributed by atoms with Crippen molar-refractivity contribution in [1.29, 1.82) is 5.26 Å². The summed E-state index contributed by atoms with van der Waals surface area (Å²) in [5, 5.41) is 9.33. The second-order valence-corrected chi connectivity index (χ2v) is 5.09. The SMILES string of the molecule is CCc1ccccc1C(=O)OCC1(C#N)CCOCC1. The van der Waals surface area contributed by atoms with E-state index in [4.69, 9.17) is 9.47 Å². The molecular formula is C16H19NO3. The van der Waals surface area contributed by atoms with Gasteiger partial charge >= 0.3 is 5.97 Å². The lowest BCUT2D eigenvalue weighted by atomic mass is 9.83. The number of carbonyl (C=O) groups excluding carboxylic acids is 1. The molecule has 0 spiro atoms. The molecule has 0 saturated carbocycles. The van der Waals surface area contributed by atoms with Crippen LogP contribution in [0.2, 0.25) is 0 Å². The normalized spacial score (nSPS) is 17.2. The van der Waals surface area contributed by atoms with Gasteiger partial charge in [0.25, 0.3) is 0 Å². The van der Waals surface area contributed by atoms with E-state index in [2.05, 4.69) is 6.07 Å². The summed E-state index contributed by atoms with van der Waals surface area (Å²) in [6, 6.07) is 9.72. The Labute approximate surface area is 119 Å². The Hall–Kier alpha value is -1.86. The number of rotatable bonds is 4. The Morgan fingerprint density at radius 2 is 2.10 bits per heavy atom. The topological polar surface area (TPSA) is 59.3 Å². The minimum Gasteiger partial charge on any atom is -0.460 e. The molecule has 4 heteroatoms. The number of hydrogen-bond donors (Lipinski definition) is 0. The van der Waals surface area contributed by atoms with Crippen LogP contribution in [0, 0.1) is 16.7 Å². The molecule has 0 atom stereocenters. The first kappa shape index (κ1) is 14.5. The van der Waals surface area contributed by atoms with Gasteiger partial charge in [0.2, 0.25) is 0 Å². The van der Waals surface area contributed by atoms with Gasteiger partial charge in [-0.05, 0) is 30.9 Å². The molecule has 0 radical (unpaired) electrons. The maximum absolute atomic E-state index is 12.2. The molecule has 1 fully saturated rings. The molecule has 1 saturated heterocycles. The Morgan fingerprint density at radius 3 is 2.75 bits per heavy atom. The standard InChI is InChI=1S/C16H19NO3/c1-2-13-5-3-4-6-14(13)15(18)20-12-16(11-17)7-9-19-10-8-16/h3-6H,2,7-10,12H2,1H3. The quantitative estimate of drug-likeness (QED) is 0.791. The first-order valence-corrected chi connectivity index (χ1v) is 6.95. The van der Waals surface area contributed by atoms with E-state index in [-0.39, 0.29) is 12.6 Å². The van der Waals surface area contributed by atoms with Gasteiger partial charge in [-0.1, -0.05) is 25.1 Å². The smallest absolute Gasteiger partial charge is 0.338 e. The van der Waals surface area contributed by atoms with E-state index in [1.54, 1.807) is 6.07 Å². The van der Waals surface area contributed by atoms with Crippen LogP contribution in [0.25, 0.3) is 0 Å². The first-order valence-electron chi connectivity index (χ1n) is 6.95. The third kappa shape index (κ3) is 3.17. The minimum atomic E-state index is -0.588. The predicted molar refractivity (Wildman–Crippen MR) is 74.2 cm³/mol. The maximum atomic E-state index is 12.2. The Kier molecular flexibility index (Phi) is 4.75. The van der Waals surface area contributed by atoms with Gasteiger partial charge in [0.15, 0.2) is 0 Å². The lowest BCUT2D eigenvalue weighted by molar-refractivity contribution is -0.00471. The first-order chi connectivity index (χ1) is 9.71. The number of esters is 1. The van der Waals surface area contributed by atoms with Crippen LogP contribution in [0.1, 0.15) is 35.7 Å². The highest BCUT2D eigenvalue weighted by Gasteiger charge is 2.34. The number of hydrogen-bond acceptors (Lipinski definition) is 4. The van der Waals surface area contributed by atoms with Crippen molar-refractivity contribution in [3.8, 4) is 6.07 Å². The molecule has 1 aromatic carbocycles. The van der Waals surface area contributed by atoms with Gasteiger partial charge in [0, 0.05) is 13.2 Å². The van der Waals surface area contributed by atoms with Gasteiger partial charge in [-0.15, -0.1) is 0 Å². The molecule has 0 bridgehead atoms. The average Bonchev–Trinajstić information content (AvgIpc) is 2.53. The maximum Gasteiger partial charge on any atom is 0.338 e. The highest BCUT2D eigenvalue weighted by Crippen LogP contribution is 2.30. The highest BCUT2D eigenvalue weighted by atomic mass is 16.5. The molecule has 0 amide bonds. The van der Waals surface area contributed by atoms with Gasteiger partial charge < -0.3 is 9.47 Å². The number of aryl methyl sites for hydroxylation is 1. The van der Waals surface area contributed by atoms with Crippen molar-refractivity contribution in [2.75, 3.05) is 19.8 Å². The molecule has 0 N–H and O–H groups in total. The summed E-state index contributed by atoms with van der Waals surface area (Å²) < 4.78 is 10.7. The van der Waals surface area contributed by atoms with Crippen LogP contribution >= 0.6 is 0 Å². The van der Waals surface area contributed by atoms with Crippen LogP contribution in [0.5, 0.6) is 0 Å². The van der Waals surface area contributed by atoms with Crippen LogP contribution in [0.4, 0.5) is 0 Å². The second kappa shape index (κ2) is 6.53. The summed E-state index contributed by atoms with van der Waals surface area (Å²) in [6.07, 6.45) is 2.01. The zero-order chi connectivity index (χ0) is 14.4. The minimum absolute atomic E-state index is 0.143. The Morgan fingerprint density at radius 1 is 1.40 bits per heavy atom. The van der Waals surface area contributed by atoms with Crippen LogP contribution in [-0.2, 0) is 15.9 Å². The monoisotopic (exact) mass is 273 g/mol. The summed E-state index contributed by atoms with van der Waals surface area (Å²) in [5.74, 6) is -0.344. The van der Waals surface area contributed by atoms with Crippen molar-refractivity contribution in [2.45, 2.75) is 26.2 Å². The van der Waals surface area contributed by atoms with E-state index in [9.17, 15) is 10.1 Å². The van der Waals surface area contributed by atoms with Gasteiger partial charge in [-0.3, -0.25) is 0 Å². The van der Waals surface area contributed by atoms with Crippen LogP contribution in [0.3, 0.4) is 0 Å². The van der Waals surface area contributed by atoms with Crippen molar-refractivity contribution in [2.24, 2.45) is 5.41 Å². The van der Waals surface area contributed by atoms with Crippen molar-refractivity contribution >= 4 is 5.97 Å². The van der Waals surface area contributed by atoms with E-state index < -0.39 is 5.41 Å². The number of ether oxygens (including phenoxy) is 2. The molecular weight excluding hydrogens is 254 g/mol. The third-order valence-electron chi connectivity index (χ3n) is 3.78. The van der Waals surface area contributed by atoms with Gasteiger partial charge in [-0.25, -0.2) is 4.79 Å². The molecule has 106 valence electrons. The molecule has 0 unspecified atom stereocenters. The van der Waals surface area contributed by atoms with Gasteiger partial charge in [-0.2, -0.15) is 5.26 Å². The fraction of sp³-hybridized carbons (Fsp3) is 0.500. The lowest BCUT2D eigenvalue weighted by Crippen LogP contribution is -2.33.